The molecule has 1 fully saturated rings. The molecule has 4 nitrogen and oxygen atoms in total. The van der Waals surface area contributed by atoms with Crippen molar-refractivity contribution < 1.29 is 14.0 Å². The Morgan fingerprint density at radius 2 is 1.91 bits per heavy atom. The third-order valence-corrected chi connectivity index (χ3v) is 4.20. The van der Waals surface area contributed by atoms with E-state index in [0.717, 1.165) is 0 Å². The van der Waals surface area contributed by atoms with Gasteiger partial charge in [-0.15, -0.1) is 11.6 Å². The average molecular weight is 333 g/mol. The Morgan fingerprint density at radius 3 is 2.57 bits per heavy atom. The van der Waals surface area contributed by atoms with Crippen molar-refractivity contribution in [2.45, 2.75) is 18.3 Å². The van der Waals surface area contributed by atoms with E-state index in [0.29, 0.717) is 16.8 Å². The van der Waals surface area contributed by atoms with Gasteiger partial charge in [0.25, 0.3) is 5.91 Å². The average Bonchev–Trinajstić information content (AvgIpc) is 2.54. The molecule has 0 spiro atoms. The number of ketones is 1. The van der Waals surface area contributed by atoms with Gasteiger partial charge in [0, 0.05) is 5.56 Å². The molecular weight excluding hydrogens is 319 g/mol. The molecule has 6 heteroatoms. The SMILES string of the molecule is Cc1cc(F)ccc1C(=O)C1C(Cl)C(=O)N1Nc1ccccc1. The fraction of sp³-hybridized carbons (Fsp3) is 0.176. The highest BCUT2D eigenvalue weighted by molar-refractivity contribution is 6.37. The molecule has 0 aliphatic carbocycles. The van der Waals surface area contributed by atoms with Crippen LogP contribution in [-0.2, 0) is 4.79 Å². The smallest absolute Gasteiger partial charge is 0.262 e. The van der Waals surface area contributed by atoms with E-state index < -0.39 is 17.2 Å². The number of anilines is 1. The van der Waals surface area contributed by atoms with Gasteiger partial charge in [-0.05, 0) is 42.8 Å². The molecular formula is C17H14ClFN2O2. The quantitative estimate of drug-likeness (QED) is 0.531. The van der Waals surface area contributed by atoms with E-state index in [1.165, 1.54) is 23.2 Å². The Labute approximate surface area is 137 Å². The highest BCUT2D eigenvalue weighted by atomic mass is 35.5. The topological polar surface area (TPSA) is 49.4 Å². The number of carbonyl (C=O) groups is 2. The summed E-state index contributed by atoms with van der Waals surface area (Å²) in [6, 6.07) is 12.1. The van der Waals surface area contributed by atoms with Crippen LogP contribution in [0.2, 0.25) is 0 Å². The molecule has 2 aromatic carbocycles. The first kappa shape index (κ1) is 15.5. The van der Waals surface area contributed by atoms with Crippen LogP contribution in [0.5, 0.6) is 0 Å². The lowest BCUT2D eigenvalue weighted by molar-refractivity contribution is -0.140. The second kappa shape index (κ2) is 6.01. The van der Waals surface area contributed by atoms with Crippen LogP contribution in [0.3, 0.4) is 0 Å². The third kappa shape index (κ3) is 2.80. The monoisotopic (exact) mass is 332 g/mol. The first-order chi connectivity index (χ1) is 11.0. The highest BCUT2D eigenvalue weighted by Gasteiger charge is 2.51. The molecule has 1 amide bonds. The molecule has 0 saturated carbocycles. The molecule has 0 aromatic heterocycles. The summed E-state index contributed by atoms with van der Waals surface area (Å²) in [6.45, 7) is 1.65. The van der Waals surface area contributed by atoms with Gasteiger partial charge in [-0.1, -0.05) is 18.2 Å². The molecule has 1 aliphatic rings. The third-order valence-electron chi connectivity index (χ3n) is 3.77. The van der Waals surface area contributed by atoms with Crippen LogP contribution in [-0.4, -0.2) is 28.1 Å². The van der Waals surface area contributed by atoms with E-state index in [2.05, 4.69) is 5.43 Å². The first-order valence-corrected chi connectivity index (χ1v) is 7.52. The van der Waals surface area contributed by atoms with Crippen molar-refractivity contribution in [3.8, 4) is 0 Å². The normalized spacial score (nSPS) is 20.1. The maximum absolute atomic E-state index is 13.2. The number of nitrogens with one attached hydrogen (secondary N) is 1. The summed E-state index contributed by atoms with van der Waals surface area (Å²) in [7, 11) is 0. The van der Waals surface area contributed by atoms with Gasteiger partial charge < -0.3 is 0 Å². The number of Topliss-reactive ketones (excluding diaryl/α,β-unsaturated/α-hetero) is 1. The van der Waals surface area contributed by atoms with Gasteiger partial charge in [-0.2, -0.15) is 0 Å². The van der Waals surface area contributed by atoms with Crippen LogP contribution < -0.4 is 5.43 Å². The zero-order valence-electron chi connectivity index (χ0n) is 12.3. The number of nitrogens with zero attached hydrogens (tertiary/aromatic N) is 1. The van der Waals surface area contributed by atoms with Crippen molar-refractivity contribution in [1.82, 2.24) is 5.01 Å². The number of hydrazine groups is 1. The van der Waals surface area contributed by atoms with Crippen LogP contribution in [0, 0.1) is 12.7 Å². The molecule has 1 N–H and O–H groups in total. The van der Waals surface area contributed by atoms with Gasteiger partial charge in [-0.25, -0.2) is 9.40 Å². The predicted octanol–water partition coefficient (Wildman–Crippen LogP) is 3.16. The molecule has 23 heavy (non-hydrogen) atoms. The summed E-state index contributed by atoms with van der Waals surface area (Å²) >= 11 is 6.03. The maximum atomic E-state index is 13.2. The lowest BCUT2D eigenvalue weighted by Gasteiger charge is -2.43. The molecule has 1 heterocycles. The van der Waals surface area contributed by atoms with E-state index in [1.54, 1.807) is 19.1 Å². The van der Waals surface area contributed by atoms with Crippen LogP contribution >= 0.6 is 11.6 Å². The van der Waals surface area contributed by atoms with Gasteiger partial charge in [0.15, 0.2) is 5.78 Å². The largest absolute Gasteiger partial charge is 0.295 e. The summed E-state index contributed by atoms with van der Waals surface area (Å²) in [4.78, 5) is 24.6. The Kier molecular flexibility index (Phi) is 4.05. The molecule has 118 valence electrons. The Bertz CT molecular complexity index is 766. The second-order valence-electron chi connectivity index (χ2n) is 5.36. The van der Waals surface area contributed by atoms with Crippen LogP contribution in [0.1, 0.15) is 15.9 Å². The summed E-state index contributed by atoms with van der Waals surface area (Å²) < 4.78 is 13.2. The molecule has 2 aromatic rings. The molecule has 0 bridgehead atoms. The number of hydrogen-bond acceptors (Lipinski definition) is 3. The Hall–Kier alpha value is -2.40. The number of β-lactam (4-membered cyclic amide) rings is 1. The van der Waals surface area contributed by atoms with E-state index in [-0.39, 0.29) is 11.7 Å². The van der Waals surface area contributed by atoms with E-state index in [1.807, 2.05) is 18.2 Å². The second-order valence-corrected chi connectivity index (χ2v) is 5.83. The summed E-state index contributed by atoms with van der Waals surface area (Å²) in [5, 5.41) is 0.293. The number of halogens is 2. The van der Waals surface area contributed by atoms with Crippen molar-refractivity contribution in [3.63, 3.8) is 0 Å². The standard InChI is InChI=1S/C17H14ClFN2O2/c1-10-9-11(19)7-8-13(10)16(22)15-14(18)17(23)21(15)20-12-5-3-2-4-6-12/h2-9,14-15,20H,1H3. The van der Waals surface area contributed by atoms with Crippen LogP contribution in [0.25, 0.3) is 0 Å². The molecule has 3 rings (SSSR count). The molecule has 1 aliphatic heterocycles. The van der Waals surface area contributed by atoms with Crippen molar-refractivity contribution in [2.24, 2.45) is 0 Å². The van der Waals surface area contributed by atoms with Gasteiger partial charge in [0.05, 0.1) is 5.69 Å². The lowest BCUT2D eigenvalue weighted by atomic mass is 9.92. The van der Waals surface area contributed by atoms with Gasteiger partial charge >= 0.3 is 0 Å². The van der Waals surface area contributed by atoms with Crippen LogP contribution in [0.4, 0.5) is 10.1 Å². The Balaban J connectivity index is 1.85. The minimum absolute atomic E-state index is 0.314. The van der Waals surface area contributed by atoms with Crippen molar-refractivity contribution in [1.29, 1.82) is 0 Å². The molecule has 2 atom stereocenters. The summed E-state index contributed by atoms with van der Waals surface area (Å²) in [5.41, 5.74) is 4.44. The first-order valence-electron chi connectivity index (χ1n) is 7.08. The molecule has 0 radical (unpaired) electrons. The highest BCUT2D eigenvalue weighted by Crippen LogP contribution is 2.29. The van der Waals surface area contributed by atoms with Crippen molar-refractivity contribution in [3.05, 3.63) is 65.5 Å². The number of alkyl halides is 1. The van der Waals surface area contributed by atoms with E-state index >= 15 is 0 Å². The molecule has 1 saturated heterocycles. The van der Waals surface area contributed by atoms with Crippen LogP contribution in [0.15, 0.2) is 48.5 Å². The summed E-state index contributed by atoms with van der Waals surface area (Å²) in [6.07, 6.45) is 0. The summed E-state index contributed by atoms with van der Waals surface area (Å²) in [5.74, 6) is -1.09. The number of amides is 1. The number of hydrogen-bond donors (Lipinski definition) is 1. The zero-order valence-corrected chi connectivity index (χ0v) is 13.0. The lowest BCUT2D eigenvalue weighted by Crippen LogP contribution is -2.67. The fourth-order valence-electron chi connectivity index (χ4n) is 2.54. The maximum Gasteiger partial charge on any atom is 0.262 e. The van der Waals surface area contributed by atoms with E-state index in [4.69, 9.17) is 11.6 Å². The zero-order chi connectivity index (χ0) is 16.6. The Morgan fingerprint density at radius 1 is 1.22 bits per heavy atom. The molecule has 2 unspecified atom stereocenters. The van der Waals surface area contributed by atoms with Crippen molar-refractivity contribution >= 4 is 29.0 Å². The number of para-hydroxylation sites is 1. The van der Waals surface area contributed by atoms with Gasteiger partial charge in [0.1, 0.15) is 17.2 Å². The number of benzene rings is 2. The predicted molar refractivity (Wildman–Crippen MR) is 85.8 cm³/mol. The fourth-order valence-corrected chi connectivity index (χ4v) is 2.88. The minimum Gasteiger partial charge on any atom is -0.295 e. The van der Waals surface area contributed by atoms with Crippen molar-refractivity contribution in [2.75, 3.05) is 5.43 Å². The minimum atomic E-state index is -0.928. The number of rotatable bonds is 4. The number of carbonyl (C=O) groups excluding carboxylic acids is 2. The number of aryl methyl sites for hydroxylation is 1. The van der Waals surface area contributed by atoms with Gasteiger partial charge in [0.2, 0.25) is 0 Å². The van der Waals surface area contributed by atoms with Gasteiger partial charge in [-0.3, -0.25) is 15.0 Å². The van der Waals surface area contributed by atoms with E-state index in [9.17, 15) is 14.0 Å².